The van der Waals surface area contributed by atoms with Crippen LogP contribution in [0.15, 0.2) is 24.3 Å². The van der Waals surface area contributed by atoms with Crippen molar-refractivity contribution in [3.05, 3.63) is 35.5 Å². The molecule has 3 heteroatoms. The molecule has 106 valence electrons. The van der Waals surface area contributed by atoms with Crippen LogP contribution in [-0.2, 0) is 18.3 Å². The van der Waals surface area contributed by atoms with Gasteiger partial charge in [-0.15, -0.1) is 0 Å². The first-order valence-electron chi connectivity index (χ1n) is 7.49. The molecule has 0 bridgehead atoms. The van der Waals surface area contributed by atoms with Gasteiger partial charge in [-0.3, -0.25) is 4.79 Å². The van der Waals surface area contributed by atoms with E-state index in [1.807, 2.05) is 4.90 Å². The largest absolute Gasteiger partial charge is 0.348 e. The molecule has 1 aromatic carbocycles. The third-order valence-electron chi connectivity index (χ3n) is 4.57. The second-order valence-corrected chi connectivity index (χ2v) is 5.76. The highest BCUT2D eigenvalue weighted by molar-refractivity contribution is 5.90. The quantitative estimate of drug-likeness (QED) is 0.823. The van der Waals surface area contributed by atoms with E-state index < -0.39 is 0 Å². The molecule has 1 aromatic heterocycles. The minimum absolute atomic E-state index is 0.282. The van der Waals surface area contributed by atoms with Crippen molar-refractivity contribution >= 4 is 16.8 Å². The Balaban J connectivity index is 1.90. The highest BCUT2D eigenvalue weighted by Gasteiger charge is 2.20. The summed E-state index contributed by atoms with van der Waals surface area (Å²) < 4.78 is 2.19. The maximum atomic E-state index is 12.5. The van der Waals surface area contributed by atoms with Gasteiger partial charge in [0.05, 0.1) is 6.42 Å². The molecular weight excluding hydrogens is 248 g/mol. The van der Waals surface area contributed by atoms with Crippen LogP contribution in [0.3, 0.4) is 0 Å². The number of rotatable bonds is 2. The van der Waals surface area contributed by atoms with Gasteiger partial charge in [-0.25, -0.2) is 0 Å². The van der Waals surface area contributed by atoms with Gasteiger partial charge in [0.15, 0.2) is 0 Å². The molecule has 1 aliphatic heterocycles. The fourth-order valence-electron chi connectivity index (χ4n) is 3.23. The smallest absolute Gasteiger partial charge is 0.227 e. The topological polar surface area (TPSA) is 25.2 Å². The normalized spacial score (nSPS) is 15.8. The third-order valence-corrected chi connectivity index (χ3v) is 4.57. The summed E-state index contributed by atoms with van der Waals surface area (Å²) in [6.07, 6.45) is 4.10. The number of amides is 1. The maximum Gasteiger partial charge on any atom is 0.227 e. The van der Waals surface area contributed by atoms with Crippen LogP contribution in [0.1, 0.15) is 30.5 Å². The Morgan fingerprint density at radius 3 is 2.60 bits per heavy atom. The lowest BCUT2D eigenvalue weighted by molar-refractivity contribution is -0.131. The van der Waals surface area contributed by atoms with Gasteiger partial charge in [-0.05, 0) is 37.8 Å². The molecule has 0 aliphatic carbocycles. The van der Waals surface area contributed by atoms with E-state index in [4.69, 9.17) is 0 Å². The Morgan fingerprint density at radius 1 is 1.15 bits per heavy atom. The molecule has 1 aliphatic rings. The molecule has 2 aromatic rings. The molecule has 2 heterocycles. The van der Waals surface area contributed by atoms with Crippen molar-refractivity contribution in [1.82, 2.24) is 9.47 Å². The van der Waals surface area contributed by atoms with Crippen LogP contribution in [0.4, 0.5) is 0 Å². The Labute approximate surface area is 120 Å². The molecule has 0 N–H and O–H groups in total. The number of nitrogens with zero attached hydrogens (tertiary/aromatic N) is 2. The van der Waals surface area contributed by atoms with E-state index in [0.29, 0.717) is 6.42 Å². The number of benzene rings is 1. The molecule has 3 nitrogen and oxygen atoms in total. The summed E-state index contributed by atoms with van der Waals surface area (Å²) in [6.45, 7) is 3.98. The molecule has 0 radical (unpaired) electrons. The summed E-state index contributed by atoms with van der Waals surface area (Å²) >= 11 is 0. The zero-order valence-electron chi connectivity index (χ0n) is 12.4. The summed E-state index contributed by atoms with van der Waals surface area (Å²) in [6, 6.07) is 8.35. The number of para-hydroxylation sites is 1. The lowest BCUT2D eigenvalue weighted by Crippen LogP contribution is -2.36. The van der Waals surface area contributed by atoms with Gasteiger partial charge in [0.25, 0.3) is 0 Å². The average molecular weight is 270 g/mol. The number of likely N-dealkylation sites (tertiary alicyclic amines) is 1. The van der Waals surface area contributed by atoms with Crippen LogP contribution in [0, 0.1) is 6.92 Å². The Morgan fingerprint density at radius 2 is 1.85 bits per heavy atom. The van der Waals surface area contributed by atoms with Crippen molar-refractivity contribution < 1.29 is 4.79 Å². The van der Waals surface area contributed by atoms with Gasteiger partial charge in [0.2, 0.25) is 5.91 Å². The van der Waals surface area contributed by atoms with Crippen molar-refractivity contribution in [3.8, 4) is 0 Å². The molecule has 1 amide bonds. The molecule has 0 spiro atoms. The standard InChI is InChI=1S/C17H22N2O/c1-13-15(12-17(20)19-10-6-3-7-11-19)14-8-4-5-9-16(14)18(13)2/h4-5,8-9H,3,6-7,10-12H2,1-2H3. The maximum absolute atomic E-state index is 12.5. The molecule has 20 heavy (non-hydrogen) atoms. The number of carbonyl (C=O) groups is 1. The fourth-order valence-corrected chi connectivity index (χ4v) is 3.23. The van der Waals surface area contributed by atoms with E-state index in [1.165, 1.54) is 28.6 Å². The minimum atomic E-state index is 0.282. The summed E-state index contributed by atoms with van der Waals surface area (Å²) in [7, 11) is 2.08. The van der Waals surface area contributed by atoms with Crippen molar-refractivity contribution in [2.24, 2.45) is 7.05 Å². The summed E-state index contributed by atoms with van der Waals surface area (Å²) in [5.74, 6) is 0.282. The number of hydrogen-bond donors (Lipinski definition) is 0. The first kappa shape index (κ1) is 13.2. The van der Waals surface area contributed by atoms with E-state index in [-0.39, 0.29) is 5.91 Å². The van der Waals surface area contributed by atoms with Gasteiger partial charge >= 0.3 is 0 Å². The Hall–Kier alpha value is -1.77. The number of fused-ring (bicyclic) bond motifs is 1. The van der Waals surface area contributed by atoms with Crippen LogP contribution in [0.5, 0.6) is 0 Å². The van der Waals surface area contributed by atoms with Gasteiger partial charge in [-0.2, -0.15) is 0 Å². The third kappa shape index (κ3) is 2.21. The zero-order valence-corrected chi connectivity index (χ0v) is 12.4. The SMILES string of the molecule is Cc1c(CC(=O)N2CCCCC2)c2ccccc2n1C. The van der Waals surface area contributed by atoms with Crippen LogP contribution >= 0.6 is 0 Å². The van der Waals surface area contributed by atoms with Crippen LogP contribution < -0.4 is 0 Å². The predicted molar refractivity (Wildman–Crippen MR) is 81.8 cm³/mol. The first-order valence-corrected chi connectivity index (χ1v) is 7.49. The molecule has 0 atom stereocenters. The van der Waals surface area contributed by atoms with E-state index in [9.17, 15) is 4.79 Å². The Bertz CT molecular complexity index is 636. The van der Waals surface area contributed by atoms with Crippen LogP contribution in [0.2, 0.25) is 0 Å². The number of carbonyl (C=O) groups excluding carboxylic acids is 1. The predicted octanol–water partition coefficient (Wildman–Crippen LogP) is 3.04. The van der Waals surface area contributed by atoms with E-state index in [0.717, 1.165) is 25.9 Å². The lowest BCUT2D eigenvalue weighted by Gasteiger charge is -2.26. The lowest BCUT2D eigenvalue weighted by atomic mass is 10.1. The van der Waals surface area contributed by atoms with Gasteiger partial charge < -0.3 is 9.47 Å². The molecule has 0 unspecified atom stereocenters. The number of hydrogen-bond acceptors (Lipinski definition) is 1. The van der Waals surface area contributed by atoms with Crippen molar-refractivity contribution in [2.45, 2.75) is 32.6 Å². The highest BCUT2D eigenvalue weighted by atomic mass is 16.2. The molecule has 1 saturated heterocycles. The number of aryl methyl sites for hydroxylation is 1. The molecule has 3 rings (SSSR count). The number of piperidine rings is 1. The first-order chi connectivity index (χ1) is 9.68. The van der Waals surface area contributed by atoms with Crippen molar-refractivity contribution in [2.75, 3.05) is 13.1 Å². The fraction of sp³-hybridized carbons (Fsp3) is 0.471. The van der Waals surface area contributed by atoms with Gasteiger partial charge in [-0.1, -0.05) is 18.2 Å². The van der Waals surface area contributed by atoms with Crippen molar-refractivity contribution in [3.63, 3.8) is 0 Å². The second-order valence-electron chi connectivity index (χ2n) is 5.76. The van der Waals surface area contributed by atoms with E-state index in [2.05, 4.69) is 42.8 Å². The van der Waals surface area contributed by atoms with Gasteiger partial charge in [0, 0.05) is 36.7 Å². The zero-order chi connectivity index (χ0) is 14.1. The Kier molecular flexibility index (Phi) is 3.51. The van der Waals surface area contributed by atoms with E-state index in [1.54, 1.807) is 0 Å². The van der Waals surface area contributed by atoms with Crippen LogP contribution in [0.25, 0.3) is 10.9 Å². The summed E-state index contributed by atoms with van der Waals surface area (Å²) in [4.78, 5) is 14.5. The average Bonchev–Trinajstić information content (AvgIpc) is 2.74. The minimum Gasteiger partial charge on any atom is -0.348 e. The summed E-state index contributed by atoms with van der Waals surface area (Å²) in [5.41, 5.74) is 3.61. The molecule has 1 fully saturated rings. The van der Waals surface area contributed by atoms with E-state index >= 15 is 0 Å². The number of aromatic nitrogens is 1. The van der Waals surface area contributed by atoms with Crippen molar-refractivity contribution in [1.29, 1.82) is 0 Å². The van der Waals surface area contributed by atoms with Crippen LogP contribution in [-0.4, -0.2) is 28.5 Å². The monoisotopic (exact) mass is 270 g/mol. The summed E-state index contributed by atoms with van der Waals surface area (Å²) in [5, 5.41) is 1.22. The highest BCUT2D eigenvalue weighted by Crippen LogP contribution is 2.25. The van der Waals surface area contributed by atoms with Gasteiger partial charge in [0.1, 0.15) is 0 Å². The molecular formula is C17H22N2O. The second kappa shape index (κ2) is 5.31. The molecule has 0 saturated carbocycles.